The second-order valence-electron chi connectivity index (χ2n) is 7.08. The third-order valence-corrected chi connectivity index (χ3v) is 5.67. The van der Waals surface area contributed by atoms with Crippen molar-refractivity contribution in [2.45, 2.75) is 38.9 Å². The van der Waals surface area contributed by atoms with Gasteiger partial charge in [0.2, 0.25) is 0 Å². The van der Waals surface area contributed by atoms with Gasteiger partial charge in [0, 0.05) is 47.2 Å². The molecule has 2 heterocycles. The van der Waals surface area contributed by atoms with Crippen LogP contribution in [0, 0.1) is 5.82 Å². The third kappa shape index (κ3) is 3.07. The molecule has 3 aromatic rings. The van der Waals surface area contributed by atoms with Crippen LogP contribution in [-0.2, 0) is 25.9 Å². The van der Waals surface area contributed by atoms with Gasteiger partial charge in [-0.1, -0.05) is 23.7 Å². The predicted molar refractivity (Wildman–Crippen MR) is 102 cm³/mol. The van der Waals surface area contributed by atoms with Gasteiger partial charge in [0.05, 0.1) is 0 Å². The molecule has 0 bridgehead atoms. The first-order valence-corrected chi connectivity index (χ1v) is 9.15. The molecule has 130 valence electrons. The topological polar surface area (TPSA) is 8.17 Å². The Morgan fingerprint density at radius 2 is 1.92 bits per heavy atom. The first kappa shape index (κ1) is 16.6. The molecular weight excluding hydrogens is 335 g/mol. The fourth-order valence-electron chi connectivity index (χ4n) is 3.85. The smallest absolute Gasteiger partial charge is 0.123 e. The van der Waals surface area contributed by atoms with Gasteiger partial charge in [-0.2, -0.15) is 0 Å². The summed E-state index contributed by atoms with van der Waals surface area (Å²) in [4.78, 5) is 2.40. The number of likely N-dealkylation sites (N-methyl/N-ethyl adjacent to an activating group) is 1. The fourth-order valence-corrected chi connectivity index (χ4v) is 4.02. The van der Waals surface area contributed by atoms with Crippen molar-refractivity contribution in [3.8, 4) is 0 Å². The van der Waals surface area contributed by atoms with Gasteiger partial charge < -0.3 is 4.57 Å². The second-order valence-corrected chi connectivity index (χ2v) is 7.52. The number of nitrogens with zero attached hydrogens (tertiary/aromatic N) is 2. The summed E-state index contributed by atoms with van der Waals surface area (Å²) < 4.78 is 15.6. The summed E-state index contributed by atoms with van der Waals surface area (Å²) >= 11 is 6.26. The lowest BCUT2D eigenvalue weighted by molar-refractivity contribution is 0.228. The van der Waals surface area contributed by atoms with Crippen molar-refractivity contribution in [3.63, 3.8) is 0 Å². The van der Waals surface area contributed by atoms with E-state index < -0.39 is 0 Å². The highest BCUT2D eigenvalue weighted by molar-refractivity contribution is 6.31. The van der Waals surface area contributed by atoms with Crippen molar-refractivity contribution in [1.82, 2.24) is 9.47 Å². The fraction of sp³-hybridized carbons (Fsp3) is 0.333. The molecule has 0 amide bonds. The lowest BCUT2D eigenvalue weighted by Gasteiger charge is -2.31. The average Bonchev–Trinajstić information content (AvgIpc) is 2.87. The molecule has 0 saturated heterocycles. The van der Waals surface area contributed by atoms with Gasteiger partial charge in [-0.15, -0.1) is 0 Å². The van der Waals surface area contributed by atoms with Crippen LogP contribution in [0.3, 0.4) is 0 Å². The third-order valence-electron chi connectivity index (χ3n) is 5.43. The molecule has 1 aromatic heterocycles. The van der Waals surface area contributed by atoms with E-state index in [-0.39, 0.29) is 5.82 Å². The van der Waals surface area contributed by atoms with E-state index in [4.69, 9.17) is 11.6 Å². The second kappa shape index (κ2) is 6.47. The number of aryl methyl sites for hydroxylation is 2. The van der Waals surface area contributed by atoms with E-state index in [1.165, 1.54) is 34.3 Å². The molecule has 1 aliphatic rings. The van der Waals surface area contributed by atoms with Gasteiger partial charge in [0.15, 0.2) is 0 Å². The molecule has 4 rings (SSSR count). The molecular formula is C21H22ClFN2. The van der Waals surface area contributed by atoms with Crippen LogP contribution in [-0.4, -0.2) is 22.6 Å². The number of hydrogen-bond donors (Lipinski definition) is 0. The first-order valence-electron chi connectivity index (χ1n) is 8.77. The Bertz CT molecular complexity index is 914. The standard InChI is InChI=1S/C21H22ClFN2/c1-14-11-21-19(13-24(14)2)18-12-16(22)5-8-20(18)25(21)10-9-15-3-6-17(23)7-4-15/h3-8,12,14H,9-11,13H2,1-2H3/t14-/m0/s1. The zero-order chi connectivity index (χ0) is 17.6. The maximum absolute atomic E-state index is 13.1. The number of halogens is 2. The monoisotopic (exact) mass is 356 g/mol. The van der Waals surface area contributed by atoms with Crippen molar-refractivity contribution in [2.75, 3.05) is 7.05 Å². The lowest BCUT2D eigenvalue weighted by atomic mass is 10.00. The van der Waals surface area contributed by atoms with Gasteiger partial charge >= 0.3 is 0 Å². The Hall–Kier alpha value is -1.84. The number of benzene rings is 2. The molecule has 4 heteroatoms. The van der Waals surface area contributed by atoms with Crippen LogP contribution in [0.4, 0.5) is 4.39 Å². The van der Waals surface area contributed by atoms with E-state index in [0.717, 1.165) is 36.5 Å². The van der Waals surface area contributed by atoms with Crippen LogP contribution < -0.4 is 0 Å². The number of hydrogen-bond acceptors (Lipinski definition) is 1. The summed E-state index contributed by atoms with van der Waals surface area (Å²) in [5.41, 5.74) is 5.23. The van der Waals surface area contributed by atoms with Crippen molar-refractivity contribution >= 4 is 22.5 Å². The highest BCUT2D eigenvalue weighted by Crippen LogP contribution is 2.34. The first-order chi connectivity index (χ1) is 12.0. The molecule has 0 radical (unpaired) electrons. The van der Waals surface area contributed by atoms with E-state index in [1.807, 2.05) is 18.2 Å². The highest BCUT2D eigenvalue weighted by atomic mass is 35.5. The lowest BCUT2D eigenvalue weighted by Crippen LogP contribution is -2.35. The maximum Gasteiger partial charge on any atom is 0.123 e. The number of aromatic nitrogens is 1. The van der Waals surface area contributed by atoms with E-state index >= 15 is 0 Å². The molecule has 1 aliphatic heterocycles. The molecule has 0 fully saturated rings. The van der Waals surface area contributed by atoms with E-state index in [2.05, 4.69) is 35.6 Å². The Morgan fingerprint density at radius 1 is 1.16 bits per heavy atom. The molecule has 1 atom stereocenters. The van der Waals surface area contributed by atoms with Crippen molar-refractivity contribution in [3.05, 3.63) is 70.1 Å². The molecule has 0 unspecified atom stereocenters. The normalized spacial score (nSPS) is 17.8. The van der Waals surface area contributed by atoms with E-state index in [0.29, 0.717) is 6.04 Å². The molecule has 2 nitrogen and oxygen atoms in total. The summed E-state index contributed by atoms with van der Waals surface area (Å²) in [7, 11) is 2.18. The summed E-state index contributed by atoms with van der Waals surface area (Å²) in [6, 6.07) is 13.5. The van der Waals surface area contributed by atoms with Crippen LogP contribution in [0.25, 0.3) is 10.9 Å². The molecule has 0 spiro atoms. The molecule has 0 aliphatic carbocycles. The van der Waals surface area contributed by atoms with Gasteiger partial charge in [-0.05, 0) is 61.9 Å². The van der Waals surface area contributed by atoms with Gasteiger partial charge in [0.25, 0.3) is 0 Å². The summed E-state index contributed by atoms with van der Waals surface area (Å²) in [6.07, 6.45) is 1.94. The van der Waals surface area contributed by atoms with E-state index in [1.54, 1.807) is 0 Å². The molecule has 25 heavy (non-hydrogen) atoms. The Labute approximate surface area is 152 Å². The Morgan fingerprint density at radius 3 is 2.68 bits per heavy atom. The SMILES string of the molecule is C[C@H]1Cc2c(c3cc(Cl)ccc3n2CCc2ccc(F)cc2)CN1C. The van der Waals surface area contributed by atoms with Gasteiger partial charge in [0.1, 0.15) is 5.82 Å². The number of rotatable bonds is 3. The van der Waals surface area contributed by atoms with Crippen LogP contribution in [0.5, 0.6) is 0 Å². The molecule has 0 saturated carbocycles. The minimum atomic E-state index is -0.181. The summed E-state index contributed by atoms with van der Waals surface area (Å²) in [5, 5.41) is 2.05. The summed E-state index contributed by atoms with van der Waals surface area (Å²) in [5.74, 6) is -0.181. The van der Waals surface area contributed by atoms with Crippen molar-refractivity contribution in [1.29, 1.82) is 0 Å². The minimum Gasteiger partial charge on any atom is -0.344 e. The van der Waals surface area contributed by atoms with Crippen LogP contribution in [0.2, 0.25) is 5.02 Å². The maximum atomic E-state index is 13.1. The van der Waals surface area contributed by atoms with Gasteiger partial charge in [-0.3, -0.25) is 4.90 Å². The Kier molecular flexibility index (Phi) is 4.30. The zero-order valence-electron chi connectivity index (χ0n) is 14.6. The van der Waals surface area contributed by atoms with Crippen molar-refractivity contribution in [2.24, 2.45) is 0 Å². The predicted octanol–water partition coefficient (Wildman–Crippen LogP) is 5.05. The molecule has 0 N–H and O–H groups in total. The highest BCUT2D eigenvalue weighted by Gasteiger charge is 2.26. The van der Waals surface area contributed by atoms with Crippen LogP contribution >= 0.6 is 11.6 Å². The van der Waals surface area contributed by atoms with Crippen molar-refractivity contribution < 1.29 is 4.39 Å². The Balaban J connectivity index is 1.74. The zero-order valence-corrected chi connectivity index (χ0v) is 15.4. The van der Waals surface area contributed by atoms with E-state index in [9.17, 15) is 4.39 Å². The summed E-state index contributed by atoms with van der Waals surface area (Å²) in [6.45, 7) is 4.13. The van der Waals surface area contributed by atoms with Crippen LogP contribution in [0.15, 0.2) is 42.5 Å². The van der Waals surface area contributed by atoms with Crippen LogP contribution in [0.1, 0.15) is 23.7 Å². The number of fused-ring (bicyclic) bond motifs is 3. The largest absolute Gasteiger partial charge is 0.344 e. The quantitative estimate of drug-likeness (QED) is 0.637. The molecule has 2 aromatic carbocycles. The average molecular weight is 357 g/mol. The van der Waals surface area contributed by atoms with Gasteiger partial charge in [-0.25, -0.2) is 4.39 Å². The minimum absolute atomic E-state index is 0.181.